The van der Waals surface area contributed by atoms with Crippen LogP contribution in [0.1, 0.15) is 6.92 Å². The van der Waals surface area contributed by atoms with Crippen LogP contribution in [0.25, 0.3) is 0 Å². The van der Waals surface area contributed by atoms with E-state index in [1.807, 2.05) is 5.41 Å². The van der Waals surface area contributed by atoms with Crippen molar-refractivity contribution in [2.24, 2.45) is 0 Å². The summed E-state index contributed by atoms with van der Waals surface area (Å²) >= 11 is 12.3. The lowest BCUT2D eigenvalue weighted by molar-refractivity contribution is -0.139. The quantitative estimate of drug-likeness (QED) is 0.546. The standard InChI is InChI=1S/C8H10Cl2O2S/c1-7(11)12-4-2-5-13-6-3-8(9)10/h2-3,5H,4,6H2,1H3. The van der Waals surface area contributed by atoms with E-state index in [4.69, 9.17) is 23.2 Å². The van der Waals surface area contributed by atoms with Crippen LogP contribution in [0.2, 0.25) is 0 Å². The number of carbonyl (C=O) groups excluding carboxylic acids is 1. The van der Waals surface area contributed by atoms with Gasteiger partial charge >= 0.3 is 5.97 Å². The van der Waals surface area contributed by atoms with Crippen LogP contribution >= 0.6 is 35.0 Å². The predicted molar refractivity (Wildman–Crippen MR) is 58.0 cm³/mol. The van der Waals surface area contributed by atoms with Gasteiger partial charge in [0.2, 0.25) is 0 Å². The lowest BCUT2D eigenvalue weighted by Crippen LogP contribution is -1.96. The number of hydrogen-bond acceptors (Lipinski definition) is 3. The summed E-state index contributed by atoms with van der Waals surface area (Å²) in [5.41, 5.74) is 0. The normalized spacial score (nSPS) is 10.1. The van der Waals surface area contributed by atoms with E-state index in [0.717, 1.165) is 0 Å². The van der Waals surface area contributed by atoms with Crippen molar-refractivity contribution in [3.05, 3.63) is 22.1 Å². The van der Waals surface area contributed by atoms with Crippen molar-refractivity contribution < 1.29 is 9.53 Å². The van der Waals surface area contributed by atoms with E-state index in [1.165, 1.54) is 18.7 Å². The fourth-order valence-electron chi connectivity index (χ4n) is 0.439. The van der Waals surface area contributed by atoms with Gasteiger partial charge in [-0.25, -0.2) is 0 Å². The lowest BCUT2D eigenvalue weighted by atomic mass is 10.7. The number of halogens is 2. The van der Waals surface area contributed by atoms with Crippen LogP contribution < -0.4 is 0 Å². The Hall–Kier alpha value is -0.120. The maximum Gasteiger partial charge on any atom is 0.302 e. The van der Waals surface area contributed by atoms with E-state index >= 15 is 0 Å². The molecule has 0 aliphatic rings. The van der Waals surface area contributed by atoms with E-state index in [0.29, 0.717) is 12.4 Å². The Morgan fingerprint density at radius 3 is 2.77 bits per heavy atom. The van der Waals surface area contributed by atoms with Crippen LogP contribution in [0, 0.1) is 0 Å². The first kappa shape index (κ1) is 12.9. The third-order valence-corrected chi connectivity index (χ3v) is 1.96. The highest BCUT2D eigenvalue weighted by Crippen LogP contribution is 2.10. The minimum atomic E-state index is -0.279. The zero-order valence-electron chi connectivity index (χ0n) is 7.13. The first-order chi connectivity index (χ1) is 6.13. The Balaban J connectivity index is 3.32. The number of rotatable bonds is 5. The summed E-state index contributed by atoms with van der Waals surface area (Å²) < 4.78 is 4.93. The van der Waals surface area contributed by atoms with Gasteiger partial charge in [0.25, 0.3) is 0 Å². The van der Waals surface area contributed by atoms with Crippen LogP contribution in [0.4, 0.5) is 0 Å². The molecule has 0 bridgehead atoms. The molecule has 0 amide bonds. The van der Waals surface area contributed by atoms with Gasteiger partial charge in [-0.3, -0.25) is 4.79 Å². The van der Waals surface area contributed by atoms with E-state index in [-0.39, 0.29) is 10.5 Å². The Morgan fingerprint density at radius 1 is 1.54 bits per heavy atom. The van der Waals surface area contributed by atoms with Crippen LogP contribution in [0.5, 0.6) is 0 Å². The van der Waals surface area contributed by atoms with Gasteiger partial charge in [-0.1, -0.05) is 23.2 Å². The first-order valence-corrected chi connectivity index (χ1v) is 5.34. The molecule has 0 aliphatic heterocycles. The number of carbonyl (C=O) groups is 1. The molecule has 0 fully saturated rings. The molecule has 0 spiro atoms. The van der Waals surface area contributed by atoms with E-state index in [1.54, 1.807) is 12.2 Å². The Morgan fingerprint density at radius 2 is 2.23 bits per heavy atom. The smallest absolute Gasteiger partial charge is 0.302 e. The average Bonchev–Trinajstić information content (AvgIpc) is 2.01. The molecule has 2 nitrogen and oxygen atoms in total. The van der Waals surface area contributed by atoms with Crippen LogP contribution in [0.15, 0.2) is 22.1 Å². The van der Waals surface area contributed by atoms with Gasteiger partial charge in [0.05, 0.1) is 0 Å². The molecule has 0 radical (unpaired) electrons. The third kappa shape index (κ3) is 11.9. The van der Waals surface area contributed by atoms with Crippen LogP contribution in [-0.2, 0) is 9.53 Å². The maximum absolute atomic E-state index is 10.3. The summed E-state index contributed by atoms with van der Waals surface area (Å²) in [7, 11) is 0. The van der Waals surface area contributed by atoms with Gasteiger partial charge in [0.1, 0.15) is 11.1 Å². The van der Waals surface area contributed by atoms with Gasteiger partial charge in [-0.05, 0) is 17.6 Å². The van der Waals surface area contributed by atoms with Crippen molar-refractivity contribution in [1.82, 2.24) is 0 Å². The highest BCUT2D eigenvalue weighted by Gasteiger charge is 1.86. The second-order valence-electron chi connectivity index (χ2n) is 2.00. The molecule has 0 rings (SSSR count). The van der Waals surface area contributed by atoms with Gasteiger partial charge in [0.15, 0.2) is 0 Å². The molecule has 13 heavy (non-hydrogen) atoms. The molecule has 0 aromatic heterocycles. The largest absolute Gasteiger partial charge is 0.462 e. The van der Waals surface area contributed by atoms with Gasteiger partial charge in [-0.15, -0.1) is 11.8 Å². The van der Waals surface area contributed by atoms with Gasteiger partial charge < -0.3 is 4.74 Å². The zero-order valence-corrected chi connectivity index (χ0v) is 9.46. The number of hydrogen-bond donors (Lipinski definition) is 0. The molecule has 0 saturated heterocycles. The molecule has 5 heteroatoms. The van der Waals surface area contributed by atoms with E-state index < -0.39 is 0 Å². The predicted octanol–water partition coefficient (Wildman–Crippen LogP) is 3.12. The van der Waals surface area contributed by atoms with Crippen molar-refractivity contribution in [2.75, 3.05) is 12.4 Å². The fourth-order valence-corrected chi connectivity index (χ4v) is 1.37. The average molecular weight is 241 g/mol. The number of ether oxygens (including phenoxy) is 1. The van der Waals surface area contributed by atoms with Crippen molar-refractivity contribution >= 4 is 40.9 Å². The van der Waals surface area contributed by atoms with Gasteiger partial charge in [-0.2, -0.15) is 0 Å². The maximum atomic E-state index is 10.3. The molecule has 0 unspecified atom stereocenters. The van der Waals surface area contributed by atoms with Gasteiger partial charge in [0, 0.05) is 12.7 Å². The molecule has 0 aromatic rings. The summed E-state index contributed by atoms with van der Waals surface area (Å²) in [6.07, 6.45) is 3.44. The van der Waals surface area contributed by atoms with E-state index in [2.05, 4.69) is 4.74 Å². The highest BCUT2D eigenvalue weighted by molar-refractivity contribution is 8.02. The number of thioether (sulfide) groups is 1. The van der Waals surface area contributed by atoms with Crippen molar-refractivity contribution in [2.45, 2.75) is 6.92 Å². The van der Waals surface area contributed by atoms with Crippen molar-refractivity contribution in [3.63, 3.8) is 0 Å². The summed E-state index contributed by atoms with van der Waals surface area (Å²) in [6.45, 7) is 1.68. The summed E-state index contributed by atoms with van der Waals surface area (Å²) in [5.74, 6) is 0.428. The fraction of sp³-hybridized carbons (Fsp3) is 0.375. The topological polar surface area (TPSA) is 26.3 Å². The molecule has 0 aromatic carbocycles. The summed E-state index contributed by atoms with van der Waals surface area (Å²) in [5, 5.41) is 1.83. The van der Waals surface area contributed by atoms with Crippen molar-refractivity contribution in [3.8, 4) is 0 Å². The third-order valence-electron chi connectivity index (χ3n) is 0.909. The minimum Gasteiger partial charge on any atom is -0.462 e. The SMILES string of the molecule is CC(=O)OCC=CSCC=C(Cl)Cl. The Bertz CT molecular complexity index is 210. The molecule has 0 atom stereocenters. The Labute approximate surface area is 91.9 Å². The molecule has 0 aliphatic carbocycles. The van der Waals surface area contributed by atoms with E-state index in [9.17, 15) is 4.79 Å². The molecular formula is C8H10Cl2O2S. The second-order valence-corrected chi connectivity index (χ2v) is 3.95. The van der Waals surface area contributed by atoms with Crippen LogP contribution in [-0.4, -0.2) is 18.3 Å². The lowest BCUT2D eigenvalue weighted by Gasteiger charge is -1.93. The number of esters is 1. The zero-order chi connectivity index (χ0) is 10.1. The van der Waals surface area contributed by atoms with Crippen molar-refractivity contribution in [1.29, 1.82) is 0 Å². The summed E-state index contributed by atoms with van der Waals surface area (Å²) in [4.78, 5) is 10.3. The minimum absolute atomic E-state index is 0.265. The first-order valence-electron chi connectivity index (χ1n) is 3.54. The second kappa shape index (κ2) is 8.48. The van der Waals surface area contributed by atoms with Crippen LogP contribution in [0.3, 0.4) is 0 Å². The molecular weight excluding hydrogens is 231 g/mol. The molecule has 0 heterocycles. The molecule has 74 valence electrons. The highest BCUT2D eigenvalue weighted by atomic mass is 35.5. The molecule has 0 saturated carbocycles. The Kier molecular flexibility index (Phi) is 8.40. The molecule has 0 N–H and O–H groups in total. The summed E-state index contributed by atoms with van der Waals surface area (Å²) in [6, 6.07) is 0. The monoisotopic (exact) mass is 240 g/mol.